The van der Waals surface area contributed by atoms with E-state index in [0.29, 0.717) is 6.42 Å². The van der Waals surface area contributed by atoms with Crippen LogP contribution in [-0.2, 0) is 19.2 Å². The molecule has 0 aromatic rings. The van der Waals surface area contributed by atoms with Gasteiger partial charge in [0.15, 0.2) is 0 Å². The maximum Gasteiger partial charge on any atom is 0.263 e. The maximum absolute atomic E-state index is 12.2. The lowest BCUT2D eigenvalue weighted by molar-refractivity contribution is -0.154. The van der Waals surface area contributed by atoms with E-state index in [9.17, 15) is 19.2 Å². The number of nitrogens with zero attached hydrogens (tertiary/aromatic N) is 1. The van der Waals surface area contributed by atoms with Gasteiger partial charge in [0.25, 0.3) is 11.8 Å². The molecule has 0 bridgehead atoms. The third-order valence-electron chi connectivity index (χ3n) is 3.81. The van der Waals surface area contributed by atoms with Gasteiger partial charge in [0.1, 0.15) is 12.6 Å². The molecule has 0 aromatic heterocycles. The summed E-state index contributed by atoms with van der Waals surface area (Å²) in [6.45, 7) is 3.14. The minimum Gasteiger partial charge on any atom is -0.343 e. The van der Waals surface area contributed by atoms with Crippen LogP contribution in [0.5, 0.6) is 0 Å². The van der Waals surface area contributed by atoms with E-state index in [-0.39, 0.29) is 18.8 Å². The quantitative estimate of drug-likeness (QED) is 0.267. The molecule has 0 radical (unpaired) electrons. The first-order valence-corrected chi connectivity index (χ1v) is 7.14. The number of nitrogens with two attached hydrogens (primary N) is 1. The van der Waals surface area contributed by atoms with Crippen molar-refractivity contribution in [2.24, 2.45) is 11.7 Å². The van der Waals surface area contributed by atoms with E-state index in [4.69, 9.17) is 10.9 Å². The van der Waals surface area contributed by atoms with E-state index in [1.54, 1.807) is 0 Å². The minimum absolute atomic E-state index is 0.0218. The topological polar surface area (TPSA) is 142 Å². The lowest BCUT2D eigenvalue weighted by Crippen LogP contribution is -2.58. The van der Waals surface area contributed by atoms with Crippen LogP contribution in [-0.4, -0.2) is 52.4 Å². The van der Waals surface area contributed by atoms with E-state index >= 15 is 0 Å². The fourth-order valence-corrected chi connectivity index (χ4v) is 2.10. The van der Waals surface area contributed by atoms with Gasteiger partial charge in [-0.2, -0.15) is 0 Å². The third kappa shape index (κ3) is 4.25. The summed E-state index contributed by atoms with van der Waals surface area (Å²) < 4.78 is 0. The van der Waals surface area contributed by atoms with Gasteiger partial charge < -0.3 is 11.1 Å². The molecule has 124 valence electrons. The highest BCUT2D eigenvalue weighted by molar-refractivity contribution is 6.04. The van der Waals surface area contributed by atoms with Crippen LogP contribution in [0.25, 0.3) is 0 Å². The van der Waals surface area contributed by atoms with Crippen molar-refractivity contribution in [1.29, 1.82) is 0 Å². The van der Waals surface area contributed by atoms with Crippen LogP contribution < -0.4 is 16.5 Å². The van der Waals surface area contributed by atoms with Gasteiger partial charge in [0, 0.05) is 6.42 Å². The minimum atomic E-state index is -0.896. The van der Waals surface area contributed by atoms with Crippen molar-refractivity contribution in [1.82, 2.24) is 15.7 Å². The molecule has 1 heterocycles. The largest absolute Gasteiger partial charge is 0.343 e. The number of piperidine rings is 1. The summed E-state index contributed by atoms with van der Waals surface area (Å²) in [6, 6.07) is -1.64. The second-order valence-electron chi connectivity index (χ2n) is 5.36. The number of hydrogen-bond acceptors (Lipinski definition) is 6. The number of likely N-dealkylation sites (tertiary alicyclic amines) is 1. The summed E-state index contributed by atoms with van der Waals surface area (Å²) in [5.74, 6) is -2.59. The molecule has 9 heteroatoms. The van der Waals surface area contributed by atoms with Crippen molar-refractivity contribution >= 4 is 23.6 Å². The molecule has 3 atom stereocenters. The number of hydroxylamine groups is 1. The van der Waals surface area contributed by atoms with Crippen LogP contribution in [0.2, 0.25) is 0 Å². The summed E-state index contributed by atoms with van der Waals surface area (Å²) >= 11 is 0. The van der Waals surface area contributed by atoms with Gasteiger partial charge in [-0.15, -0.1) is 0 Å². The molecule has 0 saturated carbocycles. The Bertz CT molecular complexity index is 467. The van der Waals surface area contributed by atoms with E-state index in [0.717, 1.165) is 4.90 Å². The number of nitrogens with one attached hydrogen (secondary N) is 2. The van der Waals surface area contributed by atoms with Gasteiger partial charge in [-0.25, -0.2) is 5.48 Å². The molecule has 1 aliphatic heterocycles. The maximum atomic E-state index is 12.2. The number of rotatable bonds is 6. The van der Waals surface area contributed by atoms with Crippen molar-refractivity contribution in [3.05, 3.63) is 0 Å². The molecule has 1 rings (SSSR count). The average molecular weight is 314 g/mol. The van der Waals surface area contributed by atoms with Crippen molar-refractivity contribution < 1.29 is 24.4 Å². The standard InChI is InChI=1S/C13H22N4O5/c1-3-7(2)11(14)12(20)15-8-4-5-10(19)17(13(8)21)6-9(18)16-22/h7-8,11,22H,3-6,14H2,1-2H3,(H,15,20)(H,16,18)/t7-,8+,11+/m1/s1. The Morgan fingerprint density at radius 2 is 2.09 bits per heavy atom. The number of imide groups is 1. The molecule has 9 nitrogen and oxygen atoms in total. The Balaban J connectivity index is 2.72. The zero-order chi connectivity index (χ0) is 16.9. The highest BCUT2D eigenvalue weighted by Gasteiger charge is 2.37. The zero-order valence-corrected chi connectivity index (χ0v) is 12.7. The van der Waals surface area contributed by atoms with Gasteiger partial charge in [0.05, 0.1) is 6.04 Å². The van der Waals surface area contributed by atoms with Crippen LogP contribution in [0.15, 0.2) is 0 Å². The third-order valence-corrected chi connectivity index (χ3v) is 3.81. The van der Waals surface area contributed by atoms with Gasteiger partial charge in [-0.05, 0) is 12.3 Å². The SMILES string of the molecule is CC[C@@H](C)[C@H](N)C(=O)N[C@H]1CCC(=O)N(CC(=O)NO)C1=O. The summed E-state index contributed by atoms with van der Waals surface area (Å²) in [5, 5.41) is 11.0. The van der Waals surface area contributed by atoms with Crippen molar-refractivity contribution in [2.45, 2.75) is 45.2 Å². The molecular formula is C13H22N4O5. The molecule has 0 aromatic carbocycles. The molecule has 0 unspecified atom stereocenters. The molecule has 1 fully saturated rings. The Hall–Kier alpha value is -2.00. The first-order chi connectivity index (χ1) is 10.3. The van der Waals surface area contributed by atoms with Crippen molar-refractivity contribution in [2.75, 3.05) is 6.54 Å². The number of amides is 4. The Morgan fingerprint density at radius 1 is 1.45 bits per heavy atom. The van der Waals surface area contributed by atoms with Crippen LogP contribution >= 0.6 is 0 Å². The predicted molar refractivity (Wildman–Crippen MR) is 75.2 cm³/mol. The van der Waals surface area contributed by atoms with E-state index in [1.807, 2.05) is 13.8 Å². The van der Waals surface area contributed by atoms with Crippen LogP contribution in [0, 0.1) is 5.92 Å². The highest BCUT2D eigenvalue weighted by atomic mass is 16.5. The lowest BCUT2D eigenvalue weighted by atomic mass is 9.98. The van der Waals surface area contributed by atoms with E-state index in [2.05, 4.69) is 5.32 Å². The molecular weight excluding hydrogens is 292 g/mol. The van der Waals surface area contributed by atoms with E-state index in [1.165, 1.54) is 5.48 Å². The smallest absolute Gasteiger partial charge is 0.263 e. The molecule has 1 saturated heterocycles. The van der Waals surface area contributed by atoms with Crippen LogP contribution in [0.3, 0.4) is 0 Å². The first-order valence-electron chi connectivity index (χ1n) is 7.14. The average Bonchev–Trinajstić information content (AvgIpc) is 2.52. The van der Waals surface area contributed by atoms with Gasteiger partial charge in [0.2, 0.25) is 11.8 Å². The Labute approximate surface area is 128 Å². The second kappa shape index (κ2) is 7.85. The zero-order valence-electron chi connectivity index (χ0n) is 12.7. The van der Waals surface area contributed by atoms with E-state index < -0.39 is 42.3 Å². The normalized spacial score (nSPS) is 21.3. The molecule has 5 N–H and O–H groups in total. The second-order valence-corrected chi connectivity index (χ2v) is 5.36. The fraction of sp³-hybridized carbons (Fsp3) is 0.692. The molecule has 22 heavy (non-hydrogen) atoms. The van der Waals surface area contributed by atoms with Gasteiger partial charge in [-0.1, -0.05) is 20.3 Å². The molecule has 4 amide bonds. The van der Waals surface area contributed by atoms with Crippen LogP contribution in [0.4, 0.5) is 0 Å². The Morgan fingerprint density at radius 3 is 2.64 bits per heavy atom. The summed E-state index contributed by atoms with van der Waals surface area (Å²) in [4.78, 5) is 47.7. The van der Waals surface area contributed by atoms with Crippen molar-refractivity contribution in [3.63, 3.8) is 0 Å². The monoisotopic (exact) mass is 314 g/mol. The van der Waals surface area contributed by atoms with Gasteiger partial charge >= 0.3 is 0 Å². The Kier molecular flexibility index (Phi) is 6.44. The number of carbonyl (C=O) groups excluding carboxylic acids is 4. The highest BCUT2D eigenvalue weighted by Crippen LogP contribution is 2.14. The lowest BCUT2D eigenvalue weighted by Gasteiger charge is -2.31. The summed E-state index contributed by atoms with van der Waals surface area (Å²) in [7, 11) is 0. The fourth-order valence-electron chi connectivity index (χ4n) is 2.10. The summed E-state index contributed by atoms with van der Waals surface area (Å²) in [6.07, 6.45) is 0.899. The van der Waals surface area contributed by atoms with Crippen LogP contribution in [0.1, 0.15) is 33.1 Å². The molecule has 1 aliphatic rings. The summed E-state index contributed by atoms with van der Waals surface area (Å²) in [5.41, 5.74) is 7.15. The first kappa shape index (κ1) is 18.1. The molecule has 0 spiro atoms. The molecule has 0 aliphatic carbocycles. The number of hydrogen-bond donors (Lipinski definition) is 4. The van der Waals surface area contributed by atoms with Crippen molar-refractivity contribution in [3.8, 4) is 0 Å². The number of carbonyl (C=O) groups is 4. The van der Waals surface area contributed by atoms with Gasteiger partial charge in [-0.3, -0.25) is 29.3 Å². The predicted octanol–water partition coefficient (Wildman–Crippen LogP) is -1.50.